The molecule has 0 bridgehead atoms. The van der Waals surface area contributed by atoms with Crippen LogP contribution in [0, 0.1) is 41.4 Å². The third kappa shape index (κ3) is 3.73. The molecule has 1 heteroatoms. The molecule has 1 nitrogen and oxygen atoms in total. The second kappa shape index (κ2) is 6.93. The van der Waals surface area contributed by atoms with Gasteiger partial charge >= 0.3 is 0 Å². The monoisotopic (exact) mass is 253 g/mol. The summed E-state index contributed by atoms with van der Waals surface area (Å²) < 4.78 is 0. The lowest BCUT2D eigenvalue weighted by molar-refractivity contribution is 0.123. The minimum atomic E-state index is 0.713. The summed E-state index contributed by atoms with van der Waals surface area (Å²) >= 11 is 0. The van der Waals surface area contributed by atoms with Crippen LogP contribution in [0.3, 0.4) is 0 Å². The summed E-state index contributed by atoms with van der Waals surface area (Å²) in [7, 11) is 0. The van der Waals surface area contributed by atoms with Gasteiger partial charge in [0.05, 0.1) is 0 Å². The van der Waals surface area contributed by atoms with Crippen molar-refractivity contribution >= 4 is 0 Å². The van der Waals surface area contributed by atoms with Crippen molar-refractivity contribution in [3.05, 3.63) is 0 Å². The van der Waals surface area contributed by atoms with Gasteiger partial charge in [0, 0.05) is 0 Å². The van der Waals surface area contributed by atoms with E-state index < -0.39 is 0 Å². The highest BCUT2D eigenvalue weighted by molar-refractivity contribution is 4.81. The van der Waals surface area contributed by atoms with Crippen LogP contribution >= 0.6 is 0 Å². The van der Waals surface area contributed by atoms with Crippen LogP contribution in [0.4, 0.5) is 0 Å². The zero-order valence-electron chi connectivity index (χ0n) is 13.4. The van der Waals surface area contributed by atoms with Crippen LogP contribution in [-0.2, 0) is 0 Å². The molecule has 0 aromatic carbocycles. The van der Waals surface area contributed by atoms with Crippen LogP contribution in [0.25, 0.3) is 0 Å². The van der Waals surface area contributed by atoms with Crippen LogP contribution in [0.1, 0.15) is 60.8 Å². The molecule has 0 aromatic heterocycles. The minimum Gasteiger partial charge on any atom is -0.330 e. The molecule has 1 aliphatic carbocycles. The van der Waals surface area contributed by atoms with Gasteiger partial charge in [-0.2, -0.15) is 0 Å². The molecule has 18 heavy (non-hydrogen) atoms. The summed E-state index contributed by atoms with van der Waals surface area (Å²) in [6, 6.07) is 0. The van der Waals surface area contributed by atoms with Gasteiger partial charge in [0.2, 0.25) is 0 Å². The normalized spacial score (nSPS) is 47.8. The molecule has 0 aromatic rings. The smallest absolute Gasteiger partial charge is 0.00461 e. The summed E-state index contributed by atoms with van der Waals surface area (Å²) in [6.45, 7) is 15.5. The van der Waals surface area contributed by atoms with E-state index in [4.69, 9.17) is 5.73 Å². The van der Waals surface area contributed by atoms with E-state index in [2.05, 4.69) is 41.5 Å². The highest BCUT2D eigenvalue weighted by Crippen LogP contribution is 2.38. The van der Waals surface area contributed by atoms with Gasteiger partial charge in [-0.3, -0.25) is 0 Å². The van der Waals surface area contributed by atoms with Gasteiger partial charge in [-0.1, -0.05) is 54.4 Å². The Hall–Kier alpha value is -0.0400. The average Bonchev–Trinajstić information content (AvgIpc) is 2.37. The van der Waals surface area contributed by atoms with E-state index in [9.17, 15) is 0 Å². The van der Waals surface area contributed by atoms with Gasteiger partial charge in [0.25, 0.3) is 0 Å². The summed E-state index contributed by atoms with van der Waals surface area (Å²) in [4.78, 5) is 0. The molecule has 0 aliphatic heterocycles. The second-order valence-electron chi connectivity index (χ2n) is 7.32. The Kier molecular flexibility index (Phi) is 6.17. The second-order valence-corrected chi connectivity index (χ2v) is 7.32. The van der Waals surface area contributed by atoms with Crippen LogP contribution in [-0.4, -0.2) is 6.54 Å². The predicted molar refractivity (Wildman–Crippen MR) is 81.4 cm³/mol. The molecule has 0 saturated heterocycles. The molecular formula is C17H35N. The van der Waals surface area contributed by atoms with Crippen molar-refractivity contribution in [2.45, 2.75) is 60.8 Å². The van der Waals surface area contributed by atoms with E-state index in [1.165, 1.54) is 19.3 Å². The van der Waals surface area contributed by atoms with Gasteiger partial charge < -0.3 is 5.73 Å². The summed E-state index contributed by atoms with van der Waals surface area (Å²) in [5.41, 5.74) is 6.05. The Morgan fingerprint density at radius 3 is 1.72 bits per heavy atom. The molecule has 2 N–H and O–H groups in total. The van der Waals surface area contributed by atoms with Crippen LogP contribution in [0.2, 0.25) is 0 Å². The van der Waals surface area contributed by atoms with Crippen molar-refractivity contribution in [1.29, 1.82) is 0 Å². The lowest BCUT2D eigenvalue weighted by Gasteiger charge is -2.38. The predicted octanol–water partition coefficient (Wildman–Crippen LogP) is 4.56. The molecule has 1 fully saturated rings. The number of hydrogen-bond donors (Lipinski definition) is 1. The van der Waals surface area contributed by atoms with Crippen molar-refractivity contribution in [2.24, 2.45) is 47.2 Å². The summed E-state index contributed by atoms with van der Waals surface area (Å²) in [5, 5.41) is 0. The summed E-state index contributed by atoms with van der Waals surface area (Å²) in [5.74, 6) is 5.66. The van der Waals surface area contributed by atoms with Crippen molar-refractivity contribution in [3.63, 3.8) is 0 Å². The number of nitrogens with two attached hydrogens (primary N) is 1. The Labute approximate surface area is 115 Å². The van der Waals surface area contributed by atoms with E-state index in [1.54, 1.807) is 0 Å². The van der Waals surface area contributed by atoms with E-state index >= 15 is 0 Å². The zero-order valence-corrected chi connectivity index (χ0v) is 13.4. The molecule has 108 valence electrons. The number of rotatable bonds is 1. The summed E-state index contributed by atoms with van der Waals surface area (Å²) in [6.07, 6.45) is 4.11. The standard InChI is InChI=1S/C17H35N/c1-11-7-8-12(2)15(5)16(6)17(10-18)9-13(3)14(11)4/h11-17H,7-10,18H2,1-6H3. The fourth-order valence-electron chi connectivity index (χ4n) is 3.78. The third-order valence-corrected chi connectivity index (χ3v) is 6.32. The Balaban J connectivity index is 2.84. The van der Waals surface area contributed by atoms with Gasteiger partial charge in [-0.15, -0.1) is 0 Å². The van der Waals surface area contributed by atoms with E-state index in [0.717, 1.165) is 42.1 Å². The Morgan fingerprint density at radius 1 is 0.722 bits per heavy atom. The zero-order chi connectivity index (χ0) is 13.9. The van der Waals surface area contributed by atoms with Gasteiger partial charge in [-0.05, 0) is 54.4 Å². The van der Waals surface area contributed by atoms with E-state index in [-0.39, 0.29) is 0 Å². The van der Waals surface area contributed by atoms with Gasteiger partial charge in [0.1, 0.15) is 0 Å². The first kappa shape index (κ1) is 16.0. The molecule has 1 rings (SSSR count). The molecular weight excluding hydrogens is 218 g/mol. The van der Waals surface area contributed by atoms with E-state index in [1.807, 2.05) is 0 Å². The minimum absolute atomic E-state index is 0.713. The van der Waals surface area contributed by atoms with Gasteiger partial charge in [0.15, 0.2) is 0 Å². The van der Waals surface area contributed by atoms with Crippen molar-refractivity contribution in [2.75, 3.05) is 6.54 Å². The fourth-order valence-corrected chi connectivity index (χ4v) is 3.78. The van der Waals surface area contributed by atoms with Gasteiger partial charge in [-0.25, -0.2) is 0 Å². The van der Waals surface area contributed by atoms with Crippen molar-refractivity contribution in [3.8, 4) is 0 Å². The lowest BCUT2D eigenvalue weighted by atomic mass is 9.68. The first-order chi connectivity index (χ1) is 8.38. The topological polar surface area (TPSA) is 26.0 Å². The van der Waals surface area contributed by atoms with Crippen LogP contribution in [0.5, 0.6) is 0 Å². The maximum Gasteiger partial charge on any atom is -0.00461 e. The average molecular weight is 253 g/mol. The molecule has 0 spiro atoms. The molecule has 1 saturated carbocycles. The molecule has 7 atom stereocenters. The van der Waals surface area contributed by atoms with Crippen molar-refractivity contribution < 1.29 is 0 Å². The molecule has 0 amide bonds. The lowest BCUT2D eigenvalue weighted by Crippen LogP contribution is -2.33. The van der Waals surface area contributed by atoms with Crippen LogP contribution < -0.4 is 5.73 Å². The maximum absolute atomic E-state index is 6.05. The maximum atomic E-state index is 6.05. The molecule has 7 unspecified atom stereocenters. The Bertz CT molecular complexity index is 238. The molecule has 0 heterocycles. The molecule has 1 aliphatic rings. The SMILES string of the molecule is CC1CCC(C)C(C)C(C)C(CN)CC(C)C1C. The fraction of sp³-hybridized carbons (Fsp3) is 1.00. The number of hydrogen-bond acceptors (Lipinski definition) is 1. The molecule has 0 radical (unpaired) electrons. The Morgan fingerprint density at radius 2 is 1.22 bits per heavy atom. The largest absolute Gasteiger partial charge is 0.330 e. The van der Waals surface area contributed by atoms with Crippen molar-refractivity contribution in [1.82, 2.24) is 0 Å². The quantitative estimate of drug-likeness (QED) is 0.728. The van der Waals surface area contributed by atoms with E-state index in [0.29, 0.717) is 5.92 Å². The third-order valence-electron chi connectivity index (χ3n) is 6.32. The van der Waals surface area contributed by atoms with Crippen LogP contribution in [0.15, 0.2) is 0 Å². The first-order valence-electron chi connectivity index (χ1n) is 8.08. The highest BCUT2D eigenvalue weighted by Gasteiger charge is 2.31. The first-order valence-corrected chi connectivity index (χ1v) is 8.08. The highest BCUT2D eigenvalue weighted by atomic mass is 14.6.